The predicted molar refractivity (Wildman–Crippen MR) is 84.9 cm³/mol. The molecule has 0 radical (unpaired) electrons. The summed E-state index contributed by atoms with van der Waals surface area (Å²) in [4.78, 5) is 25.9. The molecule has 0 saturated carbocycles. The average molecular weight is 300 g/mol. The number of Topliss-reactive ketones (excluding diaryl/α,β-unsaturated/α-hetero) is 2. The molecule has 3 unspecified atom stereocenters. The van der Waals surface area contributed by atoms with Gasteiger partial charge in [-0.05, 0) is 31.2 Å². The van der Waals surface area contributed by atoms with Gasteiger partial charge in [0, 0.05) is 22.5 Å². The Kier molecular flexibility index (Phi) is 3.42. The first-order valence-corrected chi connectivity index (χ1v) is 8.17. The first-order valence-electron chi connectivity index (χ1n) is 8.17. The quantitative estimate of drug-likeness (QED) is 0.810. The molecule has 1 aromatic rings. The van der Waals surface area contributed by atoms with Crippen molar-refractivity contribution in [1.29, 1.82) is 0 Å². The fourth-order valence-electron chi connectivity index (χ4n) is 4.22. The molecular formula is C19H24O3. The first-order chi connectivity index (χ1) is 10.3. The lowest BCUT2D eigenvalue weighted by Crippen LogP contribution is -2.47. The molecule has 2 aliphatic carbocycles. The van der Waals surface area contributed by atoms with Crippen molar-refractivity contribution in [2.45, 2.75) is 53.4 Å². The zero-order valence-corrected chi connectivity index (χ0v) is 14.0. The minimum atomic E-state index is -0.418. The molecule has 1 aromatic heterocycles. The van der Waals surface area contributed by atoms with Gasteiger partial charge in [-0.2, -0.15) is 0 Å². The highest BCUT2D eigenvalue weighted by atomic mass is 16.3. The minimum Gasteiger partial charge on any atom is -0.460 e. The minimum absolute atomic E-state index is 0.0232. The Morgan fingerprint density at radius 1 is 1.41 bits per heavy atom. The number of carbonyl (C=O) groups is 2. The van der Waals surface area contributed by atoms with Crippen LogP contribution in [0.3, 0.4) is 0 Å². The summed E-state index contributed by atoms with van der Waals surface area (Å²) in [5, 5.41) is 0. The molecule has 3 rings (SSSR count). The number of rotatable bonds is 2. The summed E-state index contributed by atoms with van der Waals surface area (Å²) in [6, 6.07) is 0. The SMILES string of the molecule is Cc1coc2c1C(C(=O)C(C)C)C1(C)C(=CCCC1C)C2=O. The second-order valence-electron chi connectivity index (χ2n) is 7.36. The maximum absolute atomic E-state index is 13.0. The Morgan fingerprint density at radius 3 is 2.73 bits per heavy atom. The predicted octanol–water partition coefficient (Wildman–Crippen LogP) is 4.46. The fourth-order valence-corrected chi connectivity index (χ4v) is 4.22. The molecular weight excluding hydrogens is 276 g/mol. The molecule has 3 atom stereocenters. The number of hydrogen-bond donors (Lipinski definition) is 0. The molecule has 0 bridgehead atoms. The number of allylic oxidation sites excluding steroid dienone is 2. The fraction of sp³-hybridized carbons (Fsp3) is 0.579. The van der Waals surface area contributed by atoms with Crippen LogP contribution in [0.4, 0.5) is 0 Å². The van der Waals surface area contributed by atoms with Crippen LogP contribution in [0.5, 0.6) is 0 Å². The van der Waals surface area contributed by atoms with E-state index in [-0.39, 0.29) is 23.4 Å². The van der Waals surface area contributed by atoms with Gasteiger partial charge in [-0.15, -0.1) is 0 Å². The van der Waals surface area contributed by atoms with Crippen LogP contribution in [-0.4, -0.2) is 11.6 Å². The van der Waals surface area contributed by atoms with Crippen molar-refractivity contribution < 1.29 is 14.0 Å². The maximum atomic E-state index is 13.0. The van der Waals surface area contributed by atoms with Crippen LogP contribution in [0, 0.1) is 24.2 Å². The van der Waals surface area contributed by atoms with E-state index in [0.717, 1.165) is 29.5 Å². The van der Waals surface area contributed by atoms with Crippen LogP contribution in [-0.2, 0) is 4.79 Å². The average Bonchev–Trinajstić information content (AvgIpc) is 2.83. The smallest absolute Gasteiger partial charge is 0.224 e. The lowest BCUT2D eigenvalue weighted by atomic mass is 9.53. The topological polar surface area (TPSA) is 47.3 Å². The molecule has 0 aromatic carbocycles. The normalized spacial score (nSPS) is 30.8. The molecule has 118 valence electrons. The van der Waals surface area contributed by atoms with Crippen LogP contribution in [0.15, 0.2) is 22.3 Å². The molecule has 22 heavy (non-hydrogen) atoms. The molecule has 0 N–H and O–H groups in total. The molecule has 3 heteroatoms. The summed E-state index contributed by atoms with van der Waals surface area (Å²) in [6.45, 7) is 10.1. The van der Waals surface area contributed by atoms with Gasteiger partial charge in [0.15, 0.2) is 5.76 Å². The van der Waals surface area contributed by atoms with Crippen LogP contribution >= 0.6 is 0 Å². The van der Waals surface area contributed by atoms with Gasteiger partial charge in [0.1, 0.15) is 5.78 Å². The van der Waals surface area contributed by atoms with E-state index in [1.54, 1.807) is 6.26 Å². The zero-order chi connectivity index (χ0) is 16.2. The van der Waals surface area contributed by atoms with Gasteiger partial charge in [-0.1, -0.05) is 33.8 Å². The molecule has 0 saturated heterocycles. The van der Waals surface area contributed by atoms with Crippen molar-refractivity contribution in [3.05, 3.63) is 34.8 Å². The van der Waals surface area contributed by atoms with E-state index < -0.39 is 5.41 Å². The van der Waals surface area contributed by atoms with Crippen molar-refractivity contribution in [3.8, 4) is 0 Å². The van der Waals surface area contributed by atoms with Crippen LogP contribution in [0.2, 0.25) is 0 Å². The van der Waals surface area contributed by atoms with Gasteiger partial charge in [0.05, 0.1) is 12.2 Å². The summed E-state index contributed by atoms with van der Waals surface area (Å²) in [5.41, 5.74) is 2.11. The summed E-state index contributed by atoms with van der Waals surface area (Å²) in [7, 11) is 0. The van der Waals surface area contributed by atoms with Gasteiger partial charge in [-0.3, -0.25) is 9.59 Å². The third-order valence-corrected chi connectivity index (χ3v) is 5.77. The second kappa shape index (κ2) is 4.94. The monoisotopic (exact) mass is 300 g/mol. The van der Waals surface area contributed by atoms with E-state index in [1.165, 1.54) is 0 Å². The van der Waals surface area contributed by atoms with Crippen molar-refractivity contribution >= 4 is 11.6 Å². The van der Waals surface area contributed by atoms with E-state index in [4.69, 9.17) is 4.42 Å². The Morgan fingerprint density at radius 2 is 2.09 bits per heavy atom. The maximum Gasteiger partial charge on any atom is 0.224 e. The number of fused-ring (bicyclic) bond motifs is 2. The van der Waals surface area contributed by atoms with Crippen molar-refractivity contribution in [3.63, 3.8) is 0 Å². The molecule has 2 aliphatic rings. The lowest BCUT2D eigenvalue weighted by Gasteiger charge is -2.48. The summed E-state index contributed by atoms with van der Waals surface area (Å²) < 4.78 is 5.55. The third kappa shape index (κ3) is 1.81. The van der Waals surface area contributed by atoms with Crippen molar-refractivity contribution in [2.24, 2.45) is 17.3 Å². The van der Waals surface area contributed by atoms with E-state index in [0.29, 0.717) is 11.7 Å². The number of carbonyl (C=O) groups excluding carboxylic acids is 2. The van der Waals surface area contributed by atoms with Gasteiger partial charge in [0.25, 0.3) is 0 Å². The van der Waals surface area contributed by atoms with Gasteiger partial charge < -0.3 is 4.42 Å². The van der Waals surface area contributed by atoms with Gasteiger partial charge >= 0.3 is 0 Å². The lowest BCUT2D eigenvalue weighted by molar-refractivity contribution is -0.126. The van der Waals surface area contributed by atoms with E-state index >= 15 is 0 Å². The number of furan rings is 1. The van der Waals surface area contributed by atoms with Gasteiger partial charge in [-0.25, -0.2) is 0 Å². The molecule has 3 nitrogen and oxygen atoms in total. The highest BCUT2D eigenvalue weighted by molar-refractivity contribution is 6.13. The largest absolute Gasteiger partial charge is 0.460 e. The highest BCUT2D eigenvalue weighted by Crippen LogP contribution is 2.57. The zero-order valence-electron chi connectivity index (χ0n) is 14.0. The second-order valence-corrected chi connectivity index (χ2v) is 7.36. The Balaban J connectivity index is 2.31. The summed E-state index contributed by atoms with van der Waals surface area (Å²) in [5.74, 6) is 0.527. The van der Waals surface area contributed by atoms with Crippen LogP contribution < -0.4 is 0 Å². The van der Waals surface area contributed by atoms with Crippen molar-refractivity contribution in [1.82, 2.24) is 0 Å². The van der Waals surface area contributed by atoms with E-state index in [1.807, 2.05) is 26.8 Å². The first kappa shape index (κ1) is 15.3. The molecule has 0 aliphatic heterocycles. The third-order valence-electron chi connectivity index (χ3n) is 5.77. The Labute approximate surface area is 131 Å². The number of aryl methyl sites for hydroxylation is 1. The standard InChI is InChI=1S/C19H24O3/c1-10(2)16(20)15-14-11(3)9-22-18(14)17(21)13-8-6-7-12(4)19(13,15)5/h8-10,12,15H,6-7H2,1-5H3. The molecule has 0 spiro atoms. The highest BCUT2D eigenvalue weighted by Gasteiger charge is 2.55. The molecule has 1 heterocycles. The van der Waals surface area contributed by atoms with Crippen LogP contribution in [0.1, 0.15) is 68.1 Å². The van der Waals surface area contributed by atoms with Gasteiger partial charge in [0.2, 0.25) is 5.78 Å². The summed E-state index contributed by atoms with van der Waals surface area (Å²) in [6.07, 6.45) is 5.57. The van der Waals surface area contributed by atoms with E-state index in [9.17, 15) is 9.59 Å². The number of ketones is 2. The van der Waals surface area contributed by atoms with E-state index in [2.05, 4.69) is 13.8 Å². The number of hydrogen-bond acceptors (Lipinski definition) is 3. The van der Waals surface area contributed by atoms with Crippen LogP contribution in [0.25, 0.3) is 0 Å². The Bertz CT molecular complexity index is 677. The van der Waals surface area contributed by atoms with Crippen molar-refractivity contribution in [2.75, 3.05) is 0 Å². The Hall–Kier alpha value is -1.64. The molecule has 0 fully saturated rings. The molecule has 0 amide bonds. The summed E-state index contributed by atoms with van der Waals surface area (Å²) >= 11 is 0.